The molecular weight excluding hydrogens is 424 g/mol. The summed E-state index contributed by atoms with van der Waals surface area (Å²) in [6.45, 7) is 2.68. The topological polar surface area (TPSA) is 78.3 Å². The Morgan fingerprint density at radius 3 is 2.38 bits per heavy atom. The number of fused-ring (bicyclic) bond motifs is 1. The number of ether oxygens (including phenoxy) is 2. The molecule has 1 aromatic heterocycles. The van der Waals surface area contributed by atoms with Crippen molar-refractivity contribution in [3.63, 3.8) is 0 Å². The fraction of sp³-hybridized carbons (Fsp3) is 0.208. The van der Waals surface area contributed by atoms with E-state index in [0.29, 0.717) is 29.0 Å². The van der Waals surface area contributed by atoms with E-state index < -0.39 is 0 Å². The van der Waals surface area contributed by atoms with E-state index in [-0.39, 0.29) is 11.7 Å². The number of nitrogens with one attached hydrogen (secondary N) is 1. The third-order valence-corrected chi connectivity index (χ3v) is 5.98. The Bertz CT molecular complexity index is 1230. The summed E-state index contributed by atoms with van der Waals surface area (Å²) in [6, 6.07) is 19.5. The van der Waals surface area contributed by atoms with Crippen molar-refractivity contribution in [3.05, 3.63) is 60.7 Å². The number of nitrogens with zero attached hydrogens (tertiary/aromatic N) is 3. The summed E-state index contributed by atoms with van der Waals surface area (Å²) in [6.07, 6.45) is 0. The van der Waals surface area contributed by atoms with Gasteiger partial charge in [-0.15, -0.1) is 10.2 Å². The lowest BCUT2D eigenvalue weighted by molar-refractivity contribution is -0.113. The molecule has 164 valence electrons. The number of methoxy groups -OCH3 is 2. The van der Waals surface area contributed by atoms with Gasteiger partial charge in [-0.25, -0.2) is 0 Å². The zero-order valence-corrected chi connectivity index (χ0v) is 19.0. The fourth-order valence-corrected chi connectivity index (χ4v) is 4.23. The van der Waals surface area contributed by atoms with Gasteiger partial charge in [-0.05, 0) is 42.0 Å². The number of carbonyl (C=O) groups is 1. The summed E-state index contributed by atoms with van der Waals surface area (Å²) < 4.78 is 12.7. The van der Waals surface area contributed by atoms with Gasteiger partial charge in [0, 0.05) is 23.9 Å². The van der Waals surface area contributed by atoms with Crippen molar-refractivity contribution < 1.29 is 14.3 Å². The van der Waals surface area contributed by atoms with Gasteiger partial charge >= 0.3 is 0 Å². The van der Waals surface area contributed by atoms with Crippen molar-refractivity contribution >= 4 is 34.1 Å². The maximum atomic E-state index is 12.5. The molecule has 0 spiro atoms. The summed E-state index contributed by atoms with van der Waals surface area (Å²) in [5, 5.41) is 14.5. The highest BCUT2D eigenvalue weighted by molar-refractivity contribution is 7.99. The molecule has 0 atom stereocenters. The molecule has 0 radical (unpaired) electrons. The lowest BCUT2D eigenvalue weighted by Crippen LogP contribution is -2.14. The van der Waals surface area contributed by atoms with Gasteiger partial charge in [-0.2, -0.15) is 0 Å². The van der Waals surface area contributed by atoms with Crippen LogP contribution < -0.4 is 14.8 Å². The molecule has 1 heterocycles. The van der Waals surface area contributed by atoms with E-state index in [2.05, 4.69) is 15.5 Å². The number of rotatable bonds is 8. The third kappa shape index (κ3) is 4.70. The number of benzene rings is 3. The molecule has 0 aliphatic rings. The van der Waals surface area contributed by atoms with Gasteiger partial charge in [0.2, 0.25) is 5.91 Å². The Hall–Kier alpha value is -3.52. The van der Waals surface area contributed by atoms with Crippen molar-refractivity contribution in [3.8, 4) is 22.9 Å². The Morgan fingerprint density at radius 1 is 0.969 bits per heavy atom. The lowest BCUT2D eigenvalue weighted by Gasteiger charge is -2.10. The average Bonchev–Trinajstić information content (AvgIpc) is 3.25. The Morgan fingerprint density at radius 2 is 1.69 bits per heavy atom. The van der Waals surface area contributed by atoms with Crippen molar-refractivity contribution in [2.24, 2.45) is 0 Å². The number of carbonyl (C=O) groups excluding carboxylic acids is 1. The van der Waals surface area contributed by atoms with Gasteiger partial charge in [0.25, 0.3) is 0 Å². The number of hydrogen-bond acceptors (Lipinski definition) is 6. The standard InChI is InChI=1S/C24H24N4O3S/c1-4-28-23(18-12-20(30-2)14-21(13-18)31-3)26-27-24(28)32-15-22(29)25-19-10-9-16-7-5-6-8-17(16)11-19/h5-14H,4,15H2,1-3H3,(H,25,29). The predicted octanol–water partition coefficient (Wildman–Crippen LogP) is 4.87. The molecule has 0 fully saturated rings. The molecule has 0 unspecified atom stereocenters. The Balaban J connectivity index is 1.48. The van der Waals surface area contributed by atoms with E-state index in [1.165, 1.54) is 11.8 Å². The number of aromatic nitrogens is 3. The number of amides is 1. The number of thioether (sulfide) groups is 1. The van der Waals surface area contributed by atoms with Crippen LogP contribution in [0.2, 0.25) is 0 Å². The van der Waals surface area contributed by atoms with E-state index in [0.717, 1.165) is 22.0 Å². The van der Waals surface area contributed by atoms with Crippen molar-refractivity contribution in [2.45, 2.75) is 18.6 Å². The van der Waals surface area contributed by atoms with Crippen molar-refractivity contribution in [1.82, 2.24) is 14.8 Å². The quantitative estimate of drug-likeness (QED) is 0.388. The smallest absolute Gasteiger partial charge is 0.234 e. The average molecular weight is 449 g/mol. The van der Waals surface area contributed by atoms with Gasteiger partial charge in [0.1, 0.15) is 11.5 Å². The molecule has 8 heteroatoms. The molecule has 0 saturated carbocycles. The van der Waals surface area contributed by atoms with Crippen LogP contribution in [0, 0.1) is 0 Å². The molecule has 7 nitrogen and oxygen atoms in total. The maximum Gasteiger partial charge on any atom is 0.234 e. The first-order valence-corrected chi connectivity index (χ1v) is 11.2. The second-order valence-electron chi connectivity index (χ2n) is 7.05. The number of hydrogen-bond donors (Lipinski definition) is 1. The van der Waals surface area contributed by atoms with Crippen LogP contribution in [0.3, 0.4) is 0 Å². The van der Waals surface area contributed by atoms with Gasteiger partial charge in [0.15, 0.2) is 11.0 Å². The minimum atomic E-state index is -0.0967. The van der Waals surface area contributed by atoms with Crippen LogP contribution in [-0.4, -0.2) is 40.6 Å². The van der Waals surface area contributed by atoms with Crippen LogP contribution in [0.5, 0.6) is 11.5 Å². The zero-order valence-electron chi connectivity index (χ0n) is 18.2. The van der Waals surface area contributed by atoms with Gasteiger partial charge in [-0.3, -0.25) is 4.79 Å². The molecule has 4 rings (SSSR count). The lowest BCUT2D eigenvalue weighted by atomic mass is 10.1. The molecule has 1 amide bonds. The van der Waals surface area contributed by atoms with Crippen LogP contribution in [0.25, 0.3) is 22.2 Å². The summed E-state index contributed by atoms with van der Waals surface area (Å²) in [5.74, 6) is 2.18. The zero-order chi connectivity index (χ0) is 22.5. The SMILES string of the molecule is CCn1c(SCC(=O)Nc2ccc3ccccc3c2)nnc1-c1cc(OC)cc(OC)c1. The van der Waals surface area contributed by atoms with E-state index in [9.17, 15) is 4.79 Å². The first kappa shape index (κ1) is 21.7. The molecule has 3 aromatic carbocycles. The van der Waals surface area contributed by atoms with E-state index >= 15 is 0 Å². The maximum absolute atomic E-state index is 12.5. The van der Waals surface area contributed by atoms with Gasteiger partial charge in [0.05, 0.1) is 20.0 Å². The predicted molar refractivity (Wildman–Crippen MR) is 128 cm³/mol. The molecule has 0 bridgehead atoms. The molecule has 0 aliphatic carbocycles. The Labute approximate surface area is 190 Å². The minimum Gasteiger partial charge on any atom is -0.497 e. The van der Waals surface area contributed by atoms with Crippen molar-refractivity contribution in [2.75, 3.05) is 25.3 Å². The molecule has 0 saturated heterocycles. The van der Waals surface area contributed by atoms with Crippen LogP contribution >= 0.6 is 11.8 Å². The summed E-state index contributed by atoms with van der Waals surface area (Å²) >= 11 is 1.35. The fourth-order valence-electron chi connectivity index (χ4n) is 3.42. The van der Waals surface area contributed by atoms with Gasteiger partial charge in [-0.1, -0.05) is 42.1 Å². The summed E-state index contributed by atoms with van der Waals surface area (Å²) in [4.78, 5) is 12.5. The van der Waals surface area contributed by atoms with Crippen molar-refractivity contribution in [1.29, 1.82) is 0 Å². The van der Waals surface area contributed by atoms with Crippen LogP contribution in [-0.2, 0) is 11.3 Å². The third-order valence-electron chi connectivity index (χ3n) is 5.01. The molecule has 1 N–H and O–H groups in total. The largest absolute Gasteiger partial charge is 0.497 e. The molecule has 32 heavy (non-hydrogen) atoms. The first-order valence-electron chi connectivity index (χ1n) is 10.2. The molecular formula is C24H24N4O3S. The first-order chi connectivity index (χ1) is 15.6. The summed E-state index contributed by atoms with van der Waals surface area (Å²) in [7, 11) is 3.22. The molecule has 4 aromatic rings. The van der Waals surface area contributed by atoms with Crippen LogP contribution in [0.15, 0.2) is 65.8 Å². The van der Waals surface area contributed by atoms with Crippen LogP contribution in [0.4, 0.5) is 5.69 Å². The second kappa shape index (κ2) is 9.74. The number of anilines is 1. The second-order valence-corrected chi connectivity index (χ2v) is 7.99. The molecule has 0 aliphatic heterocycles. The Kier molecular flexibility index (Phi) is 6.61. The summed E-state index contributed by atoms with van der Waals surface area (Å²) in [5.41, 5.74) is 1.61. The highest BCUT2D eigenvalue weighted by atomic mass is 32.2. The van der Waals surface area contributed by atoms with Crippen LogP contribution in [0.1, 0.15) is 6.92 Å². The normalized spacial score (nSPS) is 10.8. The highest BCUT2D eigenvalue weighted by Crippen LogP contribution is 2.31. The van der Waals surface area contributed by atoms with E-state index in [4.69, 9.17) is 9.47 Å². The highest BCUT2D eigenvalue weighted by Gasteiger charge is 2.16. The minimum absolute atomic E-state index is 0.0967. The van der Waals surface area contributed by atoms with E-state index in [1.54, 1.807) is 14.2 Å². The van der Waals surface area contributed by atoms with Gasteiger partial charge < -0.3 is 19.4 Å². The monoisotopic (exact) mass is 448 g/mol. The van der Waals surface area contributed by atoms with E-state index in [1.807, 2.05) is 72.2 Å².